The second-order valence-electron chi connectivity index (χ2n) is 7.70. The number of carboxylic acids is 1. The second kappa shape index (κ2) is 13.5. The summed E-state index contributed by atoms with van der Waals surface area (Å²) < 4.78 is 25.6. The number of carbonyl (C=O) groups is 2. The number of rotatable bonds is 9. The molecular formula is C26H35FN2O5. The average molecular weight is 475 g/mol. The predicted molar refractivity (Wildman–Crippen MR) is 129 cm³/mol. The Hall–Kier alpha value is -3.13. The maximum Gasteiger partial charge on any atom is 0.338 e. The first kappa shape index (κ1) is 27.1. The van der Waals surface area contributed by atoms with E-state index in [4.69, 9.17) is 9.47 Å². The summed E-state index contributed by atoms with van der Waals surface area (Å²) in [7, 11) is 1.59. The Balaban J connectivity index is 0.00000199. The molecule has 7 nitrogen and oxygen atoms in total. The van der Waals surface area contributed by atoms with Gasteiger partial charge in [-0.25, -0.2) is 9.18 Å². The molecule has 3 rings (SSSR count). The maximum absolute atomic E-state index is 14.7. The third-order valence-corrected chi connectivity index (χ3v) is 5.64. The lowest BCUT2D eigenvalue weighted by atomic mass is 9.89. The number of amides is 1. The zero-order chi connectivity index (χ0) is 25.1. The Labute approximate surface area is 200 Å². The number of aromatic carboxylic acids is 1. The topological polar surface area (TPSA) is 88.1 Å². The highest BCUT2D eigenvalue weighted by Gasteiger charge is 2.28. The van der Waals surface area contributed by atoms with Gasteiger partial charge in [0.2, 0.25) is 5.91 Å². The molecule has 0 aromatic heterocycles. The maximum atomic E-state index is 14.7. The Morgan fingerprint density at radius 2 is 2.00 bits per heavy atom. The van der Waals surface area contributed by atoms with Crippen molar-refractivity contribution in [3.05, 3.63) is 58.9 Å². The van der Waals surface area contributed by atoms with Crippen molar-refractivity contribution in [2.45, 2.75) is 46.1 Å². The first-order valence-corrected chi connectivity index (χ1v) is 11.7. The van der Waals surface area contributed by atoms with Crippen molar-refractivity contribution in [3.8, 4) is 11.5 Å². The molecule has 2 aromatic rings. The lowest BCUT2D eigenvalue weighted by Gasteiger charge is -2.33. The van der Waals surface area contributed by atoms with Crippen LogP contribution >= 0.6 is 0 Å². The van der Waals surface area contributed by atoms with Gasteiger partial charge >= 0.3 is 5.97 Å². The Bertz CT molecular complexity index is 966. The van der Waals surface area contributed by atoms with Crippen molar-refractivity contribution in [1.82, 2.24) is 10.2 Å². The van der Waals surface area contributed by atoms with E-state index in [1.807, 2.05) is 39.0 Å². The van der Waals surface area contributed by atoms with Crippen molar-refractivity contribution < 1.29 is 28.6 Å². The monoisotopic (exact) mass is 474 g/mol. The smallest absolute Gasteiger partial charge is 0.338 e. The Kier molecular flexibility index (Phi) is 10.8. The molecule has 1 saturated heterocycles. The van der Waals surface area contributed by atoms with E-state index in [-0.39, 0.29) is 23.9 Å². The molecule has 0 aliphatic carbocycles. The highest BCUT2D eigenvalue weighted by Crippen LogP contribution is 2.30. The molecule has 0 saturated carbocycles. The fourth-order valence-electron chi connectivity index (χ4n) is 4.00. The molecule has 0 radical (unpaired) electrons. The number of likely N-dealkylation sites (tertiary alicyclic amines) is 1. The van der Waals surface area contributed by atoms with Gasteiger partial charge in [0.25, 0.3) is 0 Å². The first-order valence-electron chi connectivity index (χ1n) is 11.7. The third-order valence-electron chi connectivity index (χ3n) is 5.64. The number of piperidine rings is 1. The number of methoxy groups -OCH3 is 1. The molecule has 1 aliphatic heterocycles. The van der Waals surface area contributed by atoms with Crippen LogP contribution in [0.1, 0.15) is 61.0 Å². The van der Waals surface area contributed by atoms with Gasteiger partial charge in [-0.15, -0.1) is 0 Å². The summed E-state index contributed by atoms with van der Waals surface area (Å²) >= 11 is 0. The van der Waals surface area contributed by atoms with E-state index in [0.29, 0.717) is 49.7 Å². The standard InChI is InChI=1S/C24H29FN2O5.C2H6/c1-3-32-21-12-18(31-2)10-9-16(21)13-26-14-22(28)27-11-5-6-17(15-27)19-7-4-8-20(23(19)25)24(29)30;1-2/h4,7-10,12,17,26H,3,5-6,11,13-15H2,1-2H3,(H,29,30);1-2H3. The van der Waals surface area contributed by atoms with Gasteiger partial charge in [0.1, 0.15) is 17.3 Å². The van der Waals surface area contributed by atoms with Gasteiger partial charge in [-0.3, -0.25) is 4.79 Å². The van der Waals surface area contributed by atoms with E-state index in [1.54, 1.807) is 24.1 Å². The molecule has 2 N–H and O–H groups in total. The molecule has 1 atom stereocenters. The fraction of sp³-hybridized carbons (Fsp3) is 0.462. The minimum absolute atomic E-state index is 0.0732. The summed E-state index contributed by atoms with van der Waals surface area (Å²) in [6.07, 6.45) is 1.45. The average Bonchev–Trinajstić information content (AvgIpc) is 2.86. The number of carbonyl (C=O) groups excluding carboxylic acids is 1. The molecule has 34 heavy (non-hydrogen) atoms. The number of carboxylic acid groups (broad SMARTS) is 1. The third kappa shape index (κ3) is 6.93. The van der Waals surface area contributed by atoms with Gasteiger partial charge in [-0.05, 0) is 37.5 Å². The Morgan fingerprint density at radius 1 is 1.24 bits per heavy atom. The van der Waals surface area contributed by atoms with Crippen molar-refractivity contribution in [2.24, 2.45) is 0 Å². The van der Waals surface area contributed by atoms with Crippen LogP contribution in [-0.4, -0.2) is 55.2 Å². The van der Waals surface area contributed by atoms with Gasteiger partial charge in [-0.1, -0.05) is 32.0 Å². The molecule has 0 spiro atoms. The van der Waals surface area contributed by atoms with Crippen LogP contribution in [0.25, 0.3) is 0 Å². The summed E-state index contributed by atoms with van der Waals surface area (Å²) in [6, 6.07) is 9.98. The van der Waals surface area contributed by atoms with Gasteiger partial charge < -0.3 is 24.8 Å². The minimum Gasteiger partial charge on any atom is -0.497 e. The van der Waals surface area contributed by atoms with E-state index in [9.17, 15) is 19.1 Å². The zero-order valence-corrected chi connectivity index (χ0v) is 20.4. The number of hydrogen-bond acceptors (Lipinski definition) is 5. The molecule has 1 aliphatic rings. The van der Waals surface area contributed by atoms with Crippen LogP contribution in [0.4, 0.5) is 4.39 Å². The highest BCUT2D eigenvalue weighted by atomic mass is 19.1. The minimum atomic E-state index is -1.29. The van der Waals surface area contributed by atoms with Crippen LogP contribution in [0.15, 0.2) is 36.4 Å². The molecule has 1 heterocycles. The molecular weight excluding hydrogens is 439 g/mol. The molecule has 1 unspecified atom stereocenters. The van der Waals surface area contributed by atoms with Crippen LogP contribution < -0.4 is 14.8 Å². The van der Waals surface area contributed by atoms with E-state index in [0.717, 1.165) is 12.0 Å². The molecule has 1 fully saturated rings. The largest absolute Gasteiger partial charge is 0.497 e. The lowest BCUT2D eigenvalue weighted by molar-refractivity contribution is -0.131. The number of nitrogens with zero attached hydrogens (tertiary/aromatic N) is 1. The van der Waals surface area contributed by atoms with Crippen molar-refractivity contribution in [1.29, 1.82) is 0 Å². The number of hydrogen-bond donors (Lipinski definition) is 2. The number of halogens is 1. The normalized spacial score (nSPS) is 15.2. The van der Waals surface area contributed by atoms with Crippen molar-refractivity contribution in [3.63, 3.8) is 0 Å². The van der Waals surface area contributed by atoms with Crippen LogP contribution in [-0.2, 0) is 11.3 Å². The van der Waals surface area contributed by atoms with Gasteiger partial charge in [-0.2, -0.15) is 0 Å². The van der Waals surface area contributed by atoms with Crippen LogP contribution in [0.5, 0.6) is 11.5 Å². The second-order valence-corrected chi connectivity index (χ2v) is 7.70. The molecule has 0 bridgehead atoms. The number of nitrogens with one attached hydrogen (secondary N) is 1. The quantitative estimate of drug-likeness (QED) is 0.558. The molecule has 1 amide bonds. The number of benzene rings is 2. The summed E-state index contributed by atoms with van der Waals surface area (Å²) in [5.41, 5.74) is 0.941. The van der Waals surface area contributed by atoms with Crippen LogP contribution in [0.3, 0.4) is 0 Å². The zero-order valence-electron chi connectivity index (χ0n) is 20.4. The summed E-state index contributed by atoms with van der Waals surface area (Å²) in [5.74, 6) is -0.887. The predicted octanol–water partition coefficient (Wildman–Crippen LogP) is 4.45. The fourth-order valence-corrected chi connectivity index (χ4v) is 4.00. The van der Waals surface area contributed by atoms with E-state index >= 15 is 0 Å². The highest BCUT2D eigenvalue weighted by molar-refractivity contribution is 5.88. The van der Waals surface area contributed by atoms with Gasteiger partial charge in [0, 0.05) is 37.2 Å². The van der Waals surface area contributed by atoms with Crippen LogP contribution in [0.2, 0.25) is 0 Å². The van der Waals surface area contributed by atoms with Gasteiger partial charge in [0.05, 0.1) is 25.8 Å². The summed E-state index contributed by atoms with van der Waals surface area (Å²) in [5, 5.41) is 12.3. The Morgan fingerprint density at radius 3 is 2.68 bits per heavy atom. The van der Waals surface area contributed by atoms with Gasteiger partial charge in [0.15, 0.2) is 0 Å². The number of ether oxygens (including phenoxy) is 2. The SMILES string of the molecule is CC.CCOc1cc(OC)ccc1CNCC(=O)N1CCCC(c2cccc(C(=O)O)c2F)C1. The molecule has 2 aromatic carbocycles. The molecule has 186 valence electrons. The van der Waals surface area contributed by atoms with Crippen molar-refractivity contribution in [2.75, 3.05) is 33.4 Å². The lowest BCUT2D eigenvalue weighted by Crippen LogP contribution is -2.43. The van der Waals surface area contributed by atoms with E-state index < -0.39 is 11.8 Å². The summed E-state index contributed by atoms with van der Waals surface area (Å²) in [4.78, 5) is 25.7. The van der Waals surface area contributed by atoms with Crippen molar-refractivity contribution >= 4 is 11.9 Å². The first-order chi connectivity index (χ1) is 16.4. The van der Waals surface area contributed by atoms with E-state index in [2.05, 4.69) is 5.32 Å². The summed E-state index contributed by atoms with van der Waals surface area (Å²) in [6.45, 7) is 7.99. The van der Waals surface area contributed by atoms with Crippen LogP contribution in [0, 0.1) is 5.82 Å². The molecule has 8 heteroatoms. The van der Waals surface area contributed by atoms with E-state index in [1.165, 1.54) is 6.07 Å².